The lowest BCUT2D eigenvalue weighted by Crippen LogP contribution is -2.11. The van der Waals surface area contributed by atoms with Crippen molar-refractivity contribution < 1.29 is 22.7 Å². The van der Waals surface area contributed by atoms with Gasteiger partial charge in [-0.1, -0.05) is 0 Å². The van der Waals surface area contributed by atoms with Crippen molar-refractivity contribution in [2.24, 2.45) is 0 Å². The number of carbonyl (C=O) groups is 1. The molecule has 0 aliphatic heterocycles. The van der Waals surface area contributed by atoms with Gasteiger partial charge in [0.2, 0.25) is 0 Å². The molecular weight excluding hydrogens is 317 g/mol. The molecule has 1 aliphatic carbocycles. The Hall–Kier alpha value is -2.30. The lowest BCUT2D eigenvalue weighted by Gasteiger charge is -2.19. The summed E-state index contributed by atoms with van der Waals surface area (Å²) in [5, 5.41) is 0. The molecule has 1 aliphatic rings. The summed E-state index contributed by atoms with van der Waals surface area (Å²) in [7, 11) is 0. The molecule has 0 N–H and O–H groups in total. The first kappa shape index (κ1) is 16.6. The first-order chi connectivity index (χ1) is 11.4. The van der Waals surface area contributed by atoms with Gasteiger partial charge >= 0.3 is 0 Å². The molecule has 24 heavy (non-hydrogen) atoms. The molecule has 0 radical (unpaired) electrons. The van der Waals surface area contributed by atoms with Crippen molar-refractivity contribution in [3.8, 4) is 16.9 Å². The van der Waals surface area contributed by atoms with E-state index in [-0.39, 0.29) is 34.5 Å². The van der Waals surface area contributed by atoms with Gasteiger partial charge < -0.3 is 4.74 Å². The van der Waals surface area contributed by atoms with Crippen molar-refractivity contribution in [1.82, 2.24) is 0 Å². The van der Waals surface area contributed by atoms with E-state index in [1.807, 2.05) is 0 Å². The number of hydrogen-bond donors (Lipinski definition) is 0. The number of ether oxygens (including phenoxy) is 1. The molecule has 0 atom stereocenters. The van der Waals surface area contributed by atoms with Crippen LogP contribution in [0.15, 0.2) is 24.3 Å². The van der Waals surface area contributed by atoms with Gasteiger partial charge in [0.05, 0.1) is 11.7 Å². The predicted molar refractivity (Wildman–Crippen MR) is 84.9 cm³/mol. The molecule has 0 aromatic heterocycles. The maximum Gasteiger partial charge on any atom is 0.174 e. The number of hydrogen-bond acceptors (Lipinski definition) is 2. The second-order valence-corrected chi connectivity index (χ2v) is 6.26. The van der Waals surface area contributed by atoms with Crippen molar-refractivity contribution in [1.29, 1.82) is 0 Å². The lowest BCUT2D eigenvalue weighted by atomic mass is 9.93. The Labute approximate surface area is 138 Å². The van der Waals surface area contributed by atoms with Crippen molar-refractivity contribution in [2.75, 3.05) is 0 Å². The van der Waals surface area contributed by atoms with E-state index in [0.717, 1.165) is 25.0 Å². The van der Waals surface area contributed by atoms with E-state index in [1.165, 1.54) is 6.07 Å². The van der Waals surface area contributed by atoms with Crippen LogP contribution in [-0.2, 0) is 0 Å². The summed E-state index contributed by atoms with van der Waals surface area (Å²) in [6.45, 7) is 3.42. The molecule has 2 aromatic carbocycles. The summed E-state index contributed by atoms with van der Waals surface area (Å²) in [4.78, 5) is 11.3. The van der Waals surface area contributed by atoms with Crippen LogP contribution in [0.1, 0.15) is 48.5 Å². The van der Waals surface area contributed by atoms with E-state index in [4.69, 9.17) is 4.74 Å². The second-order valence-electron chi connectivity index (χ2n) is 6.26. The Bertz CT molecular complexity index is 796. The van der Waals surface area contributed by atoms with Gasteiger partial charge in [0, 0.05) is 17.2 Å². The largest absolute Gasteiger partial charge is 0.487 e. The predicted octanol–water partition coefficient (Wildman–Crippen LogP) is 5.25. The third-order valence-electron chi connectivity index (χ3n) is 3.98. The van der Waals surface area contributed by atoms with E-state index in [2.05, 4.69) is 0 Å². The van der Waals surface area contributed by atoms with Crippen LogP contribution in [0.25, 0.3) is 11.1 Å². The fourth-order valence-electron chi connectivity index (χ4n) is 2.80. The smallest absolute Gasteiger partial charge is 0.174 e. The molecule has 5 heteroatoms. The summed E-state index contributed by atoms with van der Waals surface area (Å²) in [6.07, 6.45) is 1.88. The monoisotopic (exact) mass is 334 g/mol. The topological polar surface area (TPSA) is 26.3 Å². The molecule has 0 amide bonds. The van der Waals surface area contributed by atoms with E-state index < -0.39 is 17.5 Å². The summed E-state index contributed by atoms with van der Waals surface area (Å²) in [5.41, 5.74) is 0.698. The molecular formula is C19H17F3O2. The van der Waals surface area contributed by atoms with Gasteiger partial charge in [0.25, 0.3) is 0 Å². The van der Waals surface area contributed by atoms with Gasteiger partial charge in [-0.15, -0.1) is 0 Å². The summed E-state index contributed by atoms with van der Waals surface area (Å²) >= 11 is 0. The average Bonchev–Trinajstić information content (AvgIpc) is 3.34. The van der Waals surface area contributed by atoms with Crippen molar-refractivity contribution >= 4 is 6.29 Å². The number of aldehydes is 1. The molecule has 1 saturated carbocycles. The van der Waals surface area contributed by atoms with Crippen molar-refractivity contribution in [3.05, 3.63) is 52.8 Å². The minimum absolute atomic E-state index is 0.0261. The van der Waals surface area contributed by atoms with Crippen LogP contribution in [0.3, 0.4) is 0 Å². The van der Waals surface area contributed by atoms with Crippen LogP contribution in [-0.4, -0.2) is 12.4 Å². The molecule has 126 valence electrons. The van der Waals surface area contributed by atoms with Crippen molar-refractivity contribution in [2.45, 2.75) is 38.7 Å². The fraction of sp³-hybridized carbons (Fsp3) is 0.316. The van der Waals surface area contributed by atoms with Gasteiger partial charge in [0.15, 0.2) is 17.9 Å². The zero-order valence-corrected chi connectivity index (χ0v) is 13.4. The van der Waals surface area contributed by atoms with Gasteiger partial charge in [-0.3, -0.25) is 4.79 Å². The summed E-state index contributed by atoms with van der Waals surface area (Å²) in [5.74, 6) is -2.47. The molecule has 2 aromatic rings. The minimum Gasteiger partial charge on any atom is -0.487 e. The summed E-state index contributed by atoms with van der Waals surface area (Å²) < 4.78 is 48.0. The van der Waals surface area contributed by atoms with Crippen molar-refractivity contribution in [3.63, 3.8) is 0 Å². The van der Waals surface area contributed by atoms with Crippen LogP contribution < -0.4 is 4.74 Å². The highest BCUT2D eigenvalue weighted by atomic mass is 19.1. The van der Waals surface area contributed by atoms with E-state index in [0.29, 0.717) is 11.8 Å². The number of rotatable bonds is 5. The van der Waals surface area contributed by atoms with Gasteiger partial charge in [-0.05, 0) is 56.4 Å². The lowest BCUT2D eigenvalue weighted by molar-refractivity contribution is 0.111. The number of halogens is 3. The zero-order valence-electron chi connectivity index (χ0n) is 13.4. The Morgan fingerprint density at radius 3 is 2.42 bits per heavy atom. The van der Waals surface area contributed by atoms with Gasteiger partial charge in [0.1, 0.15) is 11.6 Å². The standard InChI is InChI=1S/C19H17F3O2/c1-10(2)24-19-12(9-23)7-15(11-3-4-11)17(18(19)22)14-6-5-13(20)8-16(14)21/h5-11H,3-4H2,1-2H3. The first-order valence-electron chi connectivity index (χ1n) is 7.86. The quantitative estimate of drug-likeness (QED) is 0.698. The molecule has 0 heterocycles. The van der Waals surface area contributed by atoms with E-state index in [1.54, 1.807) is 19.9 Å². The van der Waals surface area contributed by atoms with Crippen LogP contribution in [0.5, 0.6) is 5.75 Å². The molecule has 2 nitrogen and oxygen atoms in total. The van der Waals surface area contributed by atoms with Crippen LogP contribution in [0.4, 0.5) is 13.2 Å². The third-order valence-corrected chi connectivity index (χ3v) is 3.98. The Morgan fingerprint density at radius 1 is 1.17 bits per heavy atom. The Kier molecular flexibility index (Phi) is 4.35. The highest BCUT2D eigenvalue weighted by molar-refractivity contribution is 5.84. The molecule has 0 saturated heterocycles. The normalized spacial score (nSPS) is 14.1. The minimum atomic E-state index is -0.842. The van der Waals surface area contributed by atoms with Gasteiger partial charge in [-0.2, -0.15) is 0 Å². The maximum absolute atomic E-state index is 15.2. The van der Waals surface area contributed by atoms with Crippen LogP contribution >= 0.6 is 0 Å². The highest BCUT2D eigenvalue weighted by Gasteiger charge is 2.32. The summed E-state index contributed by atoms with van der Waals surface area (Å²) in [6, 6.07) is 4.59. The average molecular weight is 334 g/mol. The number of carbonyl (C=O) groups excluding carboxylic acids is 1. The Morgan fingerprint density at radius 2 is 1.88 bits per heavy atom. The fourth-order valence-corrected chi connectivity index (χ4v) is 2.80. The molecule has 0 spiro atoms. The second kappa shape index (κ2) is 6.30. The maximum atomic E-state index is 15.2. The Balaban J connectivity index is 2.28. The SMILES string of the molecule is CC(C)Oc1c(C=O)cc(C2CC2)c(-c2ccc(F)cc2F)c1F. The first-order valence-corrected chi connectivity index (χ1v) is 7.86. The van der Waals surface area contributed by atoms with Crippen LogP contribution in [0, 0.1) is 17.5 Å². The van der Waals surface area contributed by atoms with E-state index in [9.17, 15) is 13.6 Å². The highest BCUT2D eigenvalue weighted by Crippen LogP contribution is 2.48. The van der Waals surface area contributed by atoms with Gasteiger partial charge in [-0.25, -0.2) is 13.2 Å². The van der Waals surface area contributed by atoms with E-state index >= 15 is 4.39 Å². The molecule has 0 unspecified atom stereocenters. The van der Waals surface area contributed by atoms with Crippen LogP contribution in [0.2, 0.25) is 0 Å². The molecule has 3 rings (SSSR count). The third kappa shape index (κ3) is 3.03. The molecule has 1 fully saturated rings. The number of benzene rings is 2. The molecule has 0 bridgehead atoms. The zero-order chi connectivity index (χ0) is 17.4.